The molecule has 2 N–H and O–H groups in total. The molecule has 0 aliphatic rings. The van der Waals surface area contributed by atoms with E-state index in [9.17, 15) is 16.8 Å². The minimum absolute atomic E-state index is 0.0619. The van der Waals surface area contributed by atoms with Crippen molar-refractivity contribution in [2.24, 2.45) is 0 Å². The van der Waals surface area contributed by atoms with E-state index in [0.717, 1.165) is 16.2 Å². The second-order valence-electron chi connectivity index (χ2n) is 6.06. The molecule has 0 spiro atoms. The number of hydrogen-bond acceptors (Lipinski definition) is 5. The molecule has 148 valence electrons. The SMILES string of the molecule is Cc1ccc(S(=O)(=O)Nc2cc(S(=O)(=O)Nc3ccc(Cl)cc3)ccc2C)s1. The predicted octanol–water partition coefficient (Wildman–Crippen LogP) is 4.62. The van der Waals surface area contributed by atoms with Crippen molar-refractivity contribution < 1.29 is 16.8 Å². The smallest absolute Gasteiger partial charge is 0.271 e. The Kier molecular flexibility index (Phi) is 5.72. The van der Waals surface area contributed by atoms with Gasteiger partial charge in [0.25, 0.3) is 20.0 Å². The van der Waals surface area contributed by atoms with E-state index in [-0.39, 0.29) is 14.8 Å². The highest BCUT2D eigenvalue weighted by Gasteiger charge is 2.20. The summed E-state index contributed by atoms with van der Waals surface area (Å²) in [5, 5.41) is 0.485. The third kappa shape index (κ3) is 4.67. The second kappa shape index (κ2) is 7.75. The van der Waals surface area contributed by atoms with Crippen LogP contribution in [-0.4, -0.2) is 16.8 Å². The Morgan fingerprint density at radius 2 is 1.50 bits per heavy atom. The molecule has 0 amide bonds. The number of hydrogen-bond donors (Lipinski definition) is 2. The Hall–Kier alpha value is -2.07. The highest BCUT2D eigenvalue weighted by atomic mass is 35.5. The van der Waals surface area contributed by atoms with E-state index in [1.165, 1.54) is 30.3 Å². The molecular formula is C18H17ClN2O4S3. The van der Waals surface area contributed by atoms with E-state index in [2.05, 4.69) is 9.44 Å². The predicted molar refractivity (Wildman–Crippen MR) is 113 cm³/mol. The first-order valence-electron chi connectivity index (χ1n) is 8.05. The molecule has 0 bridgehead atoms. The first-order valence-corrected chi connectivity index (χ1v) is 12.2. The van der Waals surface area contributed by atoms with E-state index < -0.39 is 20.0 Å². The fraction of sp³-hybridized carbons (Fsp3) is 0.111. The molecular weight excluding hydrogens is 440 g/mol. The van der Waals surface area contributed by atoms with Gasteiger partial charge < -0.3 is 0 Å². The Morgan fingerprint density at radius 1 is 0.821 bits per heavy atom. The van der Waals surface area contributed by atoms with E-state index in [0.29, 0.717) is 16.3 Å². The Morgan fingerprint density at radius 3 is 2.11 bits per heavy atom. The zero-order valence-electron chi connectivity index (χ0n) is 14.9. The average molecular weight is 457 g/mol. The van der Waals surface area contributed by atoms with Crippen LogP contribution in [0.5, 0.6) is 0 Å². The fourth-order valence-electron chi connectivity index (χ4n) is 2.36. The summed E-state index contributed by atoms with van der Waals surface area (Å²) in [4.78, 5) is 0.800. The van der Waals surface area contributed by atoms with Gasteiger partial charge in [-0.25, -0.2) is 16.8 Å². The highest BCUT2D eigenvalue weighted by Crippen LogP contribution is 2.27. The van der Waals surface area contributed by atoms with Crippen LogP contribution < -0.4 is 9.44 Å². The minimum Gasteiger partial charge on any atom is -0.280 e. The van der Waals surface area contributed by atoms with Gasteiger partial charge in [0.2, 0.25) is 0 Å². The molecule has 3 rings (SSSR count). The molecule has 3 aromatic rings. The van der Waals surface area contributed by atoms with Crippen LogP contribution in [0.25, 0.3) is 0 Å². The summed E-state index contributed by atoms with van der Waals surface area (Å²) in [6, 6.07) is 13.7. The summed E-state index contributed by atoms with van der Waals surface area (Å²) < 4.78 is 55.6. The Balaban J connectivity index is 1.91. The molecule has 6 nitrogen and oxygen atoms in total. The standard InChI is InChI=1S/C18H17ClN2O4S3/c1-12-3-9-16(27(22,23)20-15-7-5-14(19)6-8-15)11-17(12)21-28(24,25)18-10-4-13(2)26-18/h3-11,20-21H,1-2H3. The number of rotatable bonds is 6. The van der Waals surface area contributed by atoms with Crippen molar-refractivity contribution in [2.45, 2.75) is 23.0 Å². The van der Waals surface area contributed by atoms with Gasteiger partial charge in [0.15, 0.2) is 0 Å². The molecule has 0 saturated heterocycles. The summed E-state index contributed by atoms with van der Waals surface area (Å²) in [7, 11) is -7.71. The van der Waals surface area contributed by atoms with E-state index in [4.69, 9.17) is 11.6 Å². The molecule has 0 saturated carbocycles. The van der Waals surface area contributed by atoms with Gasteiger partial charge in [-0.15, -0.1) is 11.3 Å². The Bertz CT molecular complexity index is 1220. The van der Waals surface area contributed by atoms with E-state index in [1.807, 2.05) is 6.92 Å². The lowest BCUT2D eigenvalue weighted by Gasteiger charge is -2.13. The number of thiophene rings is 1. The van der Waals surface area contributed by atoms with E-state index in [1.54, 1.807) is 31.2 Å². The zero-order valence-corrected chi connectivity index (χ0v) is 18.1. The van der Waals surface area contributed by atoms with Crippen molar-refractivity contribution in [1.82, 2.24) is 0 Å². The van der Waals surface area contributed by atoms with Crippen LogP contribution in [0.3, 0.4) is 0 Å². The number of benzene rings is 2. The summed E-state index contributed by atoms with van der Waals surface area (Å²) >= 11 is 6.95. The van der Waals surface area contributed by atoms with Crippen molar-refractivity contribution in [1.29, 1.82) is 0 Å². The van der Waals surface area contributed by atoms with Gasteiger partial charge in [0, 0.05) is 15.6 Å². The molecule has 1 aromatic heterocycles. The molecule has 0 atom stereocenters. The van der Waals surface area contributed by atoms with Crippen LogP contribution in [0.1, 0.15) is 10.4 Å². The number of halogens is 1. The first kappa shape index (κ1) is 20.7. The van der Waals surface area contributed by atoms with Gasteiger partial charge in [-0.1, -0.05) is 17.7 Å². The molecule has 1 heterocycles. The molecule has 28 heavy (non-hydrogen) atoms. The number of anilines is 2. The lowest BCUT2D eigenvalue weighted by atomic mass is 10.2. The Labute approximate surface area is 173 Å². The fourth-order valence-corrected chi connectivity index (χ4v) is 5.98. The normalized spacial score (nSPS) is 12.0. The van der Waals surface area contributed by atoms with Crippen LogP contribution in [0.15, 0.2) is 63.7 Å². The topological polar surface area (TPSA) is 92.3 Å². The number of aryl methyl sites for hydroxylation is 2. The molecule has 10 heteroatoms. The van der Waals surface area contributed by atoms with Gasteiger partial charge >= 0.3 is 0 Å². The van der Waals surface area contributed by atoms with Crippen molar-refractivity contribution in [3.63, 3.8) is 0 Å². The van der Waals surface area contributed by atoms with E-state index >= 15 is 0 Å². The van der Waals surface area contributed by atoms with Crippen molar-refractivity contribution in [3.8, 4) is 0 Å². The van der Waals surface area contributed by atoms with Crippen LogP contribution in [0.2, 0.25) is 5.02 Å². The summed E-state index contributed by atoms with van der Waals surface area (Å²) in [5.74, 6) is 0. The van der Waals surface area contributed by atoms with Gasteiger partial charge in [-0.05, 0) is 67.9 Å². The summed E-state index contributed by atoms with van der Waals surface area (Å²) in [5.41, 5.74) is 1.15. The molecule has 0 radical (unpaired) electrons. The molecule has 0 unspecified atom stereocenters. The zero-order chi connectivity index (χ0) is 20.5. The molecule has 0 aliphatic carbocycles. The van der Waals surface area contributed by atoms with Gasteiger partial charge in [0.05, 0.1) is 10.6 Å². The second-order valence-corrected chi connectivity index (χ2v) is 11.4. The third-order valence-corrected chi connectivity index (χ3v) is 8.33. The van der Waals surface area contributed by atoms with Gasteiger partial charge in [-0.3, -0.25) is 9.44 Å². The van der Waals surface area contributed by atoms with Crippen molar-refractivity contribution >= 4 is 54.4 Å². The third-order valence-electron chi connectivity index (χ3n) is 3.84. The largest absolute Gasteiger partial charge is 0.280 e. The maximum absolute atomic E-state index is 12.7. The lowest BCUT2D eigenvalue weighted by Crippen LogP contribution is -2.15. The summed E-state index contributed by atoms with van der Waals surface area (Å²) in [6.07, 6.45) is 0. The van der Waals surface area contributed by atoms with Crippen LogP contribution in [0, 0.1) is 13.8 Å². The summed E-state index contributed by atoms with van der Waals surface area (Å²) in [6.45, 7) is 3.51. The first-order chi connectivity index (χ1) is 13.1. The maximum atomic E-state index is 12.7. The van der Waals surface area contributed by atoms with Crippen LogP contribution >= 0.6 is 22.9 Å². The van der Waals surface area contributed by atoms with Gasteiger partial charge in [0.1, 0.15) is 4.21 Å². The highest BCUT2D eigenvalue weighted by molar-refractivity contribution is 7.94. The average Bonchev–Trinajstić information content (AvgIpc) is 3.06. The molecule has 0 fully saturated rings. The van der Waals surface area contributed by atoms with Crippen molar-refractivity contribution in [2.75, 3.05) is 9.44 Å². The van der Waals surface area contributed by atoms with Crippen LogP contribution in [0.4, 0.5) is 11.4 Å². The van der Waals surface area contributed by atoms with Crippen molar-refractivity contribution in [3.05, 3.63) is 70.1 Å². The molecule has 2 aromatic carbocycles. The minimum atomic E-state index is -3.91. The van der Waals surface area contributed by atoms with Gasteiger partial charge in [-0.2, -0.15) is 0 Å². The monoisotopic (exact) mass is 456 g/mol. The maximum Gasteiger partial charge on any atom is 0.271 e. The molecule has 0 aliphatic heterocycles. The number of sulfonamides is 2. The lowest BCUT2D eigenvalue weighted by molar-refractivity contribution is 0.599. The number of nitrogens with one attached hydrogen (secondary N) is 2. The van der Waals surface area contributed by atoms with Crippen LogP contribution in [-0.2, 0) is 20.0 Å². The quantitative estimate of drug-likeness (QED) is 0.566.